The predicted octanol–water partition coefficient (Wildman–Crippen LogP) is 2.23. The van der Waals surface area contributed by atoms with Crippen LogP contribution in [0.5, 0.6) is 5.75 Å². The van der Waals surface area contributed by atoms with Crippen molar-refractivity contribution in [3.05, 3.63) is 28.7 Å². The summed E-state index contributed by atoms with van der Waals surface area (Å²) >= 11 is 0. The minimum atomic E-state index is -0.546. The van der Waals surface area contributed by atoms with Crippen molar-refractivity contribution in [2.24, 2.45) is 0 Å². The number of hydrogen-bond donors (Lipinski definition) is 0. The molecule has 6 nitrogen and oxygen atoms in total. The van der Waals surface area contributed by atoms with E-state index in [1.165, 1.54) is 32.4 Å². The minimum Gasteiger partial charge on any atom is -0.491 e. The van der Waals surface area contributed by atoms with Gasteiger partial charge >= 0.3 is 11.7 Å². The average molecular weight is 254 g/mol. The molecule has 0 unspecified atom stereocenters. The van der Waals surface area contributed by atoms with Gasteiger partial charge in [-0.15, -0.1) is 0 Å². The second kappa shape index (κ2) is 6.00. The Hall–Kier alpha value is -2.11. The lowest BCUT2D eigenvalue weighted by Gasteiger charge is -2.10. The zero-order valence-electron chi connectivity index (χ0n) is 10.8. The van der Waals surface area contributed by atoms with E-state index in [-0.39, 0.29) is 17.4 Å². The molecule has 0 saturated heterocycles. The molecule has 0 spiro atoms. The largest absolute Gasteiger partial charge is 0.491 e. The topological polar surface area (TPSA) is 64.8 Å². The average Bonchev–Trinajstić information content (AvgIpc) is 2.35. The number of rotatable bonds is 5. The SMILES string of the molecule is COC(=O)c1cc(OC(C)C)cc([N+](=O)OC)c1. The van der Waals surface area contributed by atoms with Crippen molar-refractivity contribution in [1.29, 1.82) is 0 Å². The van der Waals surface area contributed by atoms with Gasteiger partial charge in [-0.1, -0.05) is 0 Å². The second-order valence-electron chi connectivity index (χ2n) is 3.81. The molecule has 98 valence electrons. The molecule has 0 aliphatic rings. The summed E-state index contributed by atoms with van der Waals surface area (Å²) in [5, 5.41) is 0. The highest BCUT2D eigenvalue weighted by atomic mass is 16.8. The number of ether oxygens (including phenoxy) is 2. The predicted molar refractivity (Wildman–Crippen MR) is 63.8 cm³/mol. The van der Waals surface area contributed by atoms with Gasteiger partial charge in [0.1, 0.15) is 5.75 Å². The van der Waals surface area contributed by atoms with Crippen molar-refractivity contribution in [3.8, 4) is 5.75 Å². The van der Waals surface area contributed by atoms with Crippen molar-refractivity contribution in [2.45, 2.75) is 20.0 Å². The lowest BCUT2D eigenvalue weighted by molar-refractivity contribution is -0.736. The molecule has 6 heteroatoms. The number of carbonyl (C=O) groups excluding carboxylic acids is 1. The highest BCUT2D eigenvalue weighted by Gasteiger charge is 2.20. The summed E-state index contributed by atoms with van der Waals surface area (Å²) in [7, 11) is 2.50. The third kappa shape index (κ3) is 3.44. The molecule has 0 bridgehead atoms. The van der Waals surface area contributed by atoms with Gasteiger partial charge in [-0.25, -0.2) is 9.63 Å². The Labute approximate surface area is 105 Å². The zero-order chi connectivity index (χ0) is 13.7. The molecule has 1 rings (SSSR count). The van der Waals surface area contributed by atoms with E-state index in [0.717, 1.165) is 0 Å². The monoisotopic (exact) mass is 254 g/mol. The normalized spacial score (nSPS) is 10.1. The van der Waals surface area contributed by atoms with Gasteiger partial charge in [0.25, 0.3) is 4.92 Å². The van der Waals surface area contributed by atoms with E-state index < -0.39 is 5.97 Å². The number of hydrogen-bond acceptors (Lipinski definition) is 5. The maximum Gasteiger partial charge on any atom is 0.338 e. The Morgan fingerprint density at radius 3 is 2.39 bits per heavy atom. The molecule has 0 N–H and O–H groups in total. The molecule has 0 atom stereocenters. The molecule has 0 aromatic heterocycles. The minimum absolute atomic E-state index is 0.0756. The van der Waals surface area contributed by atoms with Gasteiger partial charge in [-0.3, -0.25) is 0 Å². The van der Waals surface area contributed by atoms with E-state index >= 15 is 0 Å². The van der Waals surface area contributed by atoms with Crippen molar-refractivity contribution in [1.82, 2.24) is 0 Å². The first-order chi connectivity index (χ1) is 8.47. The fourth-order valence-corrected chi connectivity index (χ4v) is 1.37. The van der Waals surface area contributed by atoms with Crippen LogP contribution in [-0.2, 0) is 9.57 Å². The van der Waals surface area contributed by atoms with Crippen LogP contribution >= 0.6 is 0 Å². The van der Waals surface area contributed by atoms with E-state index in [2.05, 4.69) is 9.57 Å². The van der Waals surface area contributed by atoms with Crippen molar-refractivity contribution in [2.75, 3.05) is 14.2 Å². The first-order valence-electron chi connectivity index (χ1n) is 5.39. The molecule has 0 saturated carbocycles. The van der Waals surface area contributed by atoms with E-state index in [1.54, 1.807) is 0 Å². The van der Waals surface area contributed by atoms with Gasteiger partial charge in [-0.05, 0) is 19.9 Å². The molecule has 0 amide bonds. The van der Waals surface area contributed by atoms with Crippen molar-refractivity contribution >= 4 is 11.7 Å². The summed E-state index contributed by atoms with van der Waals surface area (Å²) in [5.41, 5.74) is 0.389. The quantitative estimate of drug-likeness (QED) is 0.595. The van der Waals surface area contributed by atoms with E-state index in [1.807, 2.05) is 13.8 Å². The second-order valence-corrected chi connectivity index (χ2v) is 3.81. The number of benzene rings is 1. The molecule has 0 radical (unpaired) electrons. The summed E-state index contributed by atoms with van der Waals surface area (Å²) in [6.07, 6.45) is -0.0756. The molecule has 18 heavy (non-hydrogen) atoms. The molecule has 0 aliphatic carbocycles. The molecule has 0 fully saturated rings. The summed E-state index contributed by atoms with van der Waals surface area (Å²) in [4.78, 5) is 27.7. The molecule has 0 heterocycles. The van der Waals surface area contributed by atoms with Crippen LogP contribution in [0, 0.1) is 4.91 Å². The summed E-state index contributed by atoms with van der Waals surface area (Å²) in [5.74, 6) is -0.143. The summed E-state index contributed by atoms with van der Waals surface area (Å²) < 4.78 is 10.1. The fraction of sp³-hybridized carbons (Fsp3) is 0.417. The maximum atomic E-state index is 11.5. The number of nitrogens with zero attached hydrogens (tertiary/aromatic N) is 1. The van der Waals surface area contributed by atoms with Gasteiger partial charge in [-0.2, -0.15) is 0 Å². The van der Waals surface area contributed by atoms with Gasteiger partial charge < -0.3 is 9.47 Å². The van der Waals surface area contributed by atoms with Crippen LogP contribution in [0.1, 0.15) is 24.2 Å². The number of methoxy groups -OCH3 is 1. The highest BCUT2D eigenvalue weighted by Crippen LogP contribution is 2.24. The standard InChI is InChI=1S/C12H16NO5/c1-8(2)18-11-6-9(12(14)16-3)5-10(7-11)13(15)17-4/h5-8H,1-4H3/q+1. The van der Waals surface area contributed by atoms with Crippen LogP contribution in [0.2, 0.25) is 0 Å². The molecule has 0 aliphatic heterocycles. The van der Waals surface area contributed by atoms with Crippen LogP contribution in [0.3, 0.4) is 0 Å². The Balaban J connectivity index is 3.19. The van der Waals surface area contributed by atoms with Crippen LogP contribution in [0.25, 0.3) is 0 Å². The molecule has 1 aromatic rings. The van der Waals surface area contributed by atoms with E-state index in [9.17, 15) is 9.70 Å². The molecular formula is C12H16NO5+. The molecule has 1 aromatic carbocycles. The maximum absolute atomic E-state index is 11.5. The van der Waals surface area contributed by atoms with Gasteiger partial charge in [0.15, 0.2) is 7.11 Å². The third-order valence-electron chi connectivity index (χ3n) is 2.06. The summed E-state index contributed by atoms with van der Waals surface area (Å²) in [6.45, 7) is 3.69. The number of esters is 1. The van der Waals surface area contributed by atoms with Crippen LogP contribution in [0.15, 0.2) is 18.2 Å². The van der Waals surface area contributed by atoms with Crippen LogP contribution < -0.4 is 4.74 Å². The van der Waals surface area contributed by atoms with Crippen molar-refractivity contribution in [3.63, 3.8) is 0 Å². The fourth-order valence-electron chi connectivity index (χ4n) is 1.37. The lowest BCUT2D eigenvalue weighted by Crippen LogP contribution is -2.09. The lowest BCUT2D eigenvalue weighted by atomic mass is 10.2. The Kier molecular flexibility index (Phi) is 4.65. The zero-order valence-corrected chi connectivity index (χ0v) is 10.8. The number of carbonyl (C=O) groups is 1. The highest BCUT2D eigenvalue weighted by molar-refractivity contribution is 5.90. The Morgan fingerprint density at radius 2 is 1.89 bits per heavy atom. The third-order valence-corrected chi connectivity index (χ3v) is 2.06. The van der Waals surface area contributed by atoms with Gasteiger partial charge in [0.2, 0.25) is 0 Å². The Morgan fingerprint density at radius 1 is 1.22 bits per heavy atom. The first-order valence-corrected chi connectivity index (χ1v) is 5.39. The van der Waals surface area contributed by atoms with Crippen molar-refractivity contribution < 1.29 is 24.0 Å². The smallest absolute Gasteiger partial charge is 0.338 e. The molecular weight excluding hydrogens is 238 g/mol. The van der Waals surface area contributed by atoms with Gasteiger partial charge in [0.05, 0.1) is 29.8 Å². The van der Waals surface area contributed by atoms with Crippen LogP contribution in [0.4, 0.5) is 5.69 Å². The summed E-state index contributed by atoms with van der Waals surface area (Å²) in [6, 6.07) is 4.37. The van der Waals surface area contributed by atoms with E-state index in [0.29, 0.717) is 10.7 Å². The van der Waals surface area contributed by atoms with E-state index in [4.69, 9.17) is 4.74 Å². The van der Waals surface area contributed by atoms with Gasteiger partial charge in [0, 0.05) is 6.07 Å². The first kappa shape index (κ1) is 14.0. The Bertz CT molecular complexity index is 422. The van der Waals surface area contributed by atoms with Crippen LogP contribution in [-0.4, -0.2) is 31.2 Å².